The molecule has 0 unspecified atom stereocenters. The molecule has 7 heteroatoms. The summed E-state index contributed by atoms with van der Waals surface area (Å²) >= 11 is 0. The molecule has 0 aliphatic heterocycles. The first-order valence-electron chi connectivity index (χ1n) is 25.5. The van der Waals surface area contributed by atoms with Gasteiger partial charge in [-0.25, -0.2) is 0 Å². The van der Waals surface area contributed by atoms with Gasteiger partial charge in [0.25, 0.3) is 0 Å². The van der Waals surface area contributed by atoms with E-state index in [9.17, 15) is 14.4 Å². The van der Waals surface area contributed by atoms with Gasteiger partial charge in [0.05, 0.1) is 0 Å². The van der Waals surface area contributed by atoms with Crippen LogP contribution in [0, 0.1) is 0 Å². The van der Waals surface area contributed by atoms with Crippen molar-refractivity contribution in [1.82, 2.24) is 0 Å². The molecule has 0 radical (unpaired) electrons. The maximum Gasteiger partial charge on any atom is 0.306 e. The van der Waals surface area contributed by atoms with Gasteiger partial charge < -0.3 is 14.2 Å². The van der Waals surface area contributed by atoms with Crippen LogP contribution in [-0.4, -0.2) is 37.2 Å². The third-order valence-electron chi connectivity index (χ3n) is 11.6. The first-order valence-corrected chi connectivity index (χ1v) is 25.5. The normalized spacial score (nSPS) is 11.2. The number of unbranched alkanes of at least 4 members (excludes halogenated alkanes) is 36. The van der Waals surface area contributed by atoms with E-state index in [1.165, 1.54) is 193 Å². The predicted molar refractivity (Wildman–Crippen MR) is 250 cm³/mol. The summed E-state index contributed by atoms with van der Waals surface area (Å²) in [6.07, 6.45) is 49.3. The molecule has 0 rings (SSSR count). The van der Waals surface area contributed by atoms with Crippen molar-refractivity contribution in [1.29, 1.82) is 0 Å². The molecule has 0 saturated heterocycles. The van der Waals surface area contributed by atoms with Gasteiger partial charge in [-0.3, -0.25) is 14.4 Å². The van der Waals surface area contributed by atoms with E-state index in [-0.39, 0.29) is 43.5 Å². The van der Waals surface area contributed by atoms with Crippen molar-refractivity contribution in [3.63, 3.8) is 0 Å². The van der Waals surface area contributed by atoms with Gasteiger partial charge in [0.1, 0.15) is 13.2 Å². The number of ether oxygens (including phenoxy) is 3. The first-order chi connectivity index (χ1) is 28.0. The average Bonchev–Trinajstić information content (AvgIpc) is 3.21. The van der Waals surface area contributed by atoms with Crippen molar-refractivity contribution in [3.8, 4) is 0 Å². The molecule has 0 saturated carbocycles. The molecular weight excluding hydrogens is 744 g/mol. The lowest BCUT2D eigenvalue weighted by molar-refractivity contribution is -0.167. The van der Waals surface area contributed by atoms with Gasteiger partial charge >= 0.3 is 17.9 Å². The summed E-state index contributed by atoms with van der Waals surface area (Å²) in [5.74, 6) is -0.842. The van der Waals surface area contributed by atoms with E-state index in [1.807, 2.05) is 0 Å². The third kappa shape index (κ3) is 47.4. The lowest BCUT2D eigenvalue weighted by atomic mass is 10.0. The number of carbonyl (C=O) groups is 3. The monoisotopic (exact) mass is 843 g/mol. The van der Waals surface area contributed by atoms with Crippen molar-refractivity contribution >= 4 is 30.3 Å². The zero-order chi connectivity index (χ0) is 41.5. The largest absolute Gasteiger partial charge is 0.462 e. The van der Waals surface area contributed by atoms with Crippen LogP contribution in [0.3, 0.4) is 0 Å². The van der Waals surface area contributed by atoms with E-state index in [4.69, 9.17) is 14.2 Å². The van der Waals surface area contributed by atoms with Crippen LogP contribution in [0.2, 0.25) is 0 Å². The molecule has 0 fully saturated rings. The SMILES string of the molecule is CCCCCCCCCCCCCCCC(=O)OCC(COC(=O)CCCCCCCCCCCCCCC)OC(=O)CCCCCCCCCCCCCCC.Cl. The predicted octanol–water partition coefficient (Wildman–Crippen LogP) is 16.9. The number of carbonyl (C=O) groups excluding carboxylic acids is 3. The summed E-state index contributed by atoms with van der Waals surface area (Å²) in [7, 11) is 0. The van der Waals surface area contributed by atoms with Crippen LogP contribution in [0.25, 0.3) is 0 Å². The second-order valence-electron chi connectivity index (χ2n) is 17.5. The maximum absolute atomic E-state index is 12.8. The van der Waals surface area contributed by atoms with Crippen LogP contribution >= 0.6 is 12.4 Å². The van der Waals surface area contributed by atoms with E-state index >= 15 is 0 Å². The maximum atomic E-state index is 12.8. The highest BCUT2D eigenvalue weighted by molar-refractivity contribution is 5.85. The van der Waals surface area contributed by atoms with Crippen LogP contribution in [0.1, 0.15) is 290 Å². The fourth-order valence-electron chi connectivity index (χ4n) is 7.74. The fraction of sp³-hybridized carbons (Fsp3) is 0.941. The van der Waals surface area contributed by atoms with Crippen molar-refractivity contribution in [2.75, 3.05) is 13.2 Å². The Bertz CT molecular complexity index is 805. The molecule has 0 aromatic carbocycles. The number of esters is 3. The van der Waals surface area contributed by atoms with Crippen LogP contribution in [0.15, 0.2) is 0 Å². The molecule has 0 aromatic rings. The molecule has 6 nitrogen and oxygen atoms in total. The minimum absolute atomic E-state index is 0. The highest BCUT2D eigenvalue weighted by atomic mass is 35.5. The fourth-order valence-corrected chi connectivity index (χ4v) is 7.74. The van der Waals surface area contributed by atoms with Gasteiger partial charge in [-0.2, -0.15) is 0 Å². The molecule has 0 amide bonds. The van der Waals surface area contributed by atoms with Gasteiger partial charge in [0, 0.05) is 19.3 Å². The van der Waals surface area contributed by atoms with Crippen LogP contribution in [0.5, 0.6) is 0 Å². The molecule has 0 heterocycles. The highest BCUT2D eigenvalue weighted by Crippen LogP contribution is 2.16. The van der Waals surface area contributed by atoms with Crippen LogP contribution in [0.4, 0.5) is 0 Å². The summed E-state index contributed by atoms with van der Waals surface area (Å²) in [6, 6.07) is 0. The van der Waals surface area contributed by atoms with Crippen molar-refractivity contribution in [3.05, 3.63) is 0 Å². The molecular formula is C51H99ClO6. The summed E-state index contributed by atoms with van der Waals surface area (Å²) in [5.41, 5.74) is 0. The zero-order valence-corrected chi connectivity index (χ0v) is 39.9. The van der Waals surface area contributed by atoms with E-state index < -0.39 is 6.10 Å². The number of hydrogen-bond donors (Lipinski definition) is 0. The Morgan fingerprint density at radius 3 is 0.707 bits per heavy atom. The molecule has 0 N–H and O–H groups in total. The van der Waals surface area contributed by atoms with E-state index in [2.05, 4.69) is 20.8 Å². The molecule has 346 valence electrons. The number of halogens is 1. The molecule has 0 spiro atoms. The molecule has 0 bridgehead atoms. The second kappa shape index (κ2) is 50.1. The number of hydrogen-bond acceptors (Lipinski definition) is 6. The standard InChI is InChI=1S/C51H98O6.ClH/c1-4-7-10-13-16-19-22-25-28-31-34-37-40-43-49(52)55-46-48(57-51(54)45-42-39-36-33-30-27-24-21-18-15-12-9-6-3)47-56-50(53)44-41-38-35-32-29-26-23-20-17-14-11-8-5-2;/h48H,4-47H2,1-3H3;1H. The Morgan fingerprint density at radius 2 is 0.483 bits per heavy atom. The average molecular weight is 844 g/mol. The van der Waals surface area contributed by atoms with Gasteiger partial charge in [0.2, 0.25) is 0 Å². The van der Waals surface area contributed by atoms with Gasteiger partial charge in [-0.15, -0.1) is 12.4 Å². The summed E-state index contributed by atoms with van der Waals surface area (Å²) in [6.45, 7) is 6.67. The Kier molecular flexibility index (Phi) is 50.7. The van der Waals surface area contributed by atoms with Crippen molar-refractivity contribution in [2.24, 2.45) is 0 Å². The molecule has 0 atom stereocenters. The van der Waals surface area contributed by atoms with Crippen molar-refractivity contribution < 1.29 is 28.6 Å². The molecule has 0 aromatic heterocycles. The van der Waals surface area contributed by atoms with Crippen LogP contribution in [-0.2, 0) is 28.6 Å². The zero-order valence-electron chi connectivity index (χ0n) is 39.0. The molecule has 0 aliphatic carbocycles. The Hall–Kier alpha value is -1.30. The summed E-state index contributed by atoms with van der Waals surface area (Å²) < 4.78 is 16.8. The molecule has 58 heavy (non-hydrogen) atoms. The quantitative estimate of drug-likeness (QED) is 0.0345. The topological polar surface area (TPSA) is 78.9 Å². The van der Waals surface area contributed by atoms with E-state index in [0.29, 0.717) is 19.3 Å². The Morgan fingerprint density at radius 1 is 0.293 bits per heavy atom. The van der Waals surface area contributed by atoms with Gasteiger partial charge in [0.15, 0.2) is 6.10 Å². The lowest BCUT2D eigenvalue weighted by Gasteiger charge is -2.18. The van der Waals surface area contributed by atoms with E-state index in [0.717, 1.165) is 57.8 Å². The third-order valence-corrected chi connectivity index (χ3v) is 11.6. The Balaban J connectivity index is 0. The minimum atomic E-state index is -0.759. The molecule has 0 aliphatic rings. The minimum Gasteiger partial charge on any atom is -0.462 e. The van der Waals surface area contributed by atoms with Crippen LogP contribution < -0.4 is 0 Å². The smallest absolute Gasteiger partial charge is 0.306 e. The lowest BCUT2D eigenvalue weighted by Crippen LogP contribution is -2.30. The number of rotatable bonds is 47. The second-order valence-corrected chi connectivity index (χ2v) is 17.5. The Labute approximate surface area is 367 Å². The summed E-state index contributed by atoms with van der Waals surface area (Å²) in [4.78, 5) is 37.9. The van der Waals surface area contributed by atoms with Crippen molar-refractivity contribution in [2.45, 2.75) is 297 Å². The van der Waals surface area contributed by atoms with Gasteiger partial charge in [-0.05, 0) is 19.3 Å². The highest BCUT2D eigenvalue weighted by Gasteiger charge is 2.19. The van der Waals surface area contributed by atoms with Gasteiger partial charge in [-0.1, -0.05) is 252 Å². The van der Waals surface area contributed by atoms with E-state index in [1.54, 1.807) is 0 Å². The summed E-state index contributed by atoms with van der Waals surface area (Å²) in [5, 5.41) is 0. The first kappa shape index (κ1) is 58.8.